The molecule has 2 aromatic carbocycles. The lowest BCUT2D eigenvalue weighted by Crippen LogP contribution is -1.99. The highest BCUT2D eigenvalue weighted by atomic mass is 35.5. The summed E-state index contributed by atoms with van der Waals surface area (Å²) in [7, 11) is 0. The molecule has 0 aliphatic heterocycles. The first-order valence-electron chi connectivity index (χ1n) is 11.7. The van der Waals surface area contributed by atoms with Crippen molar-refractivity contribution in [1.29, 1.82) is 0 Å². The molecule has 0 aliphatic rings. The summed E-state index contributed by atoms with van der Waals surface area (Å²) >= 11 is 5.85. The quantitative estimate of drug-likeness (QED) is 0.285. The molecule has 4 aromatic rings. The van der Waals surface area contributed by atoms with Crippen LogP contribution < -0.4 is 0 Å². The number of hydrogen-bond acceptors (Lipinski definition) is 2. The average molecular weight is 463 g/mol. The Morgan fingerprint density at radius 3 is 1.55 bits per heavy atom. The van der Waals surface area contributed by atoms with Crippen molar-refractivity contribution in [3.63, 3.8) is 0 Å². The van der Waals surface area contributed by atoms with Gasteiger partial charge in [-0.1, -0.05) is 81.8 Å². The van der Waals surface area contributed by atoms with Crippen LogP contribution in [0, 0.1) is 11.8 Å². The van der Waals surface area contributed by atoms with Gasteiger partial charge in [0, 0.05) is 17.4 Å². The predicted molar refractivity (Wildman–Crippen MR) is 138 cm³/mol. The monoisotopic (exact) mass is 462 g/mol. The van der Waals surface area contributed by atoms with Crippen molar-refractivity contribution < 1.29 is 0 Å². The van der Waals surface area contributed by atoms with E-state index in [4.69, 9.17) is 11.6 Å². The average Bonchev–Trinajstić information content (AvgIpc) is 3.39. The normalized spacial score (nSPS) is 11.0. The van der Waals surface area contributed by atoms with Crippen LogP contribution in [0.5, 0.6) is 0 Å². The fourth-order valence-electron chi connectivity index (χ4n) is 3.69. The second-order valence-electron chi connectivity index (χ2n) is 9.40. The summed E-state index contributed by atoms with van der Waals surface area (Å²) in [6.07, 6.45) is 10.4. The van der Waals surface area contributed by atoms with Crippen LogP contribution in [0.3, 0.4) is 0 Å². The van der Waals surface area contributed by atoms with Gasteiger partial charge < -0.3 is 0 Å². The highest BCUT2D eigenvalue weighted by molar-refractivity contribution is 6.30. The minimum absolute atomic E-state index is 0.670. The van der Waals surface area contributed by atoms with E-state index in [0.717, 1.165) is 31.0 Å². The highest BCUT2D eigenvalue weighted by Crippen LogP contribution is 2.12. The zero-order valence-corrected chi connectivity index (χ0v) is 20.9. The molecule has 0 N–H and O–H groups in total. The molecular weight excluding hydrogens is 428 g/mol. The van der Waals surface area contributed by atoms with Gasteiger partial charge in [0.25, 0.3) is 0 Å². The largest absolute Gasteiger partial charge is 0.268 e. The second-order valence-corrected chi connectivity index (χ2v) is 9.84. The Morgan fingerprint density at radius 2 is 1.09 bits per heavy atom. The van der Waals surface area contributed by atoms with Gasteiger partial charge in [-0.2, -0.15) is 10.2 Å². The molecule has 2 heterocycles. The number of aromatic nitrogens is 4. The number of benzene rings is 2. The number of rotatable bonds is 8. The molecular formula is C28H35ClN4. The molecule has 5 heteroatoms. The van der Waals surface area contributed by atoms with E-state index in [2.05, 4.69) is 74.6 Å². The molecule has 0 unspecified atom stereocenters. The summed E-state index contributed by atoms with van der Waals surface area (Å²) in [6.45, 7) is 10.6. The summed E-state index contributed by atoms with van der Waals surface area (Å²) in [6, 6.07) is 18.3. The molecule has 2 aromatic heterocycles. The SMILES string of the molecule is CC(C)Cc1cnn(Cc2ccc(Cl)cc2)c1.CC(C)Cc1cnn(Cc2ccccc2)c1. The van der Waals surface area contributed by atoms with Crippen molar-refractivity contribution in [3.05, 3.63) is 107 Å². The van der Waals surface area contributed by atoms with Crippen LogP contribution in [-0.2, 0) is 25.9 Å². The van der Waals surface area contributed by atoms with Gasteiger partial charge in [-0.05, 0) is 59.1 Å². The third-order valence-electron chi connectivity index (χ3n) is 5.11. The molecule has 0 radical (unpaired) electrons. The minimum Gasteiger partial charge on any atom is -0.268 e. The van der Waals surface area contributed by atoms with Gasteiger partial charge in [0.05, 0.1) is 25.5 Å². The van der Waals surface area contributed by atoms with E-state index in [1.807, 2.05) is 52.1 Å². The number of nitrogens with zero attached hydrogens (tertiary/aromatic N) is 4. The van der Waals surface area contributed by atoms with Gasteiger partial charge in [-0.15, -0.1) is 0 Å². The first kappa shape index (κ1) is 24.8. The number of halogens is 1. The first-order valence-corrected chi connectivity index (χ1v) is 12.1. The van der Waals surface area contributed by atoms with Gasteiger partial charge in [0.1, 0.15) is 0 Å². The van der Waals surface area contributed by atoms with Crippen molar-refractivity contribution in [2.75, 3.05) is 0 Å². The Bertz CT molecular complexity index is 1080. The van der Waals surface area contributed by atoms with E-state index >= 15 is 0 Å². The lowest BCUT2D eigenvalue weighted by atomic mass is 10.1. The molecule has 0 bridgehead atoms. The zero-order chi connectivity index (χ0) is 23.6. The van der Waals surface area contributed by atoms with Crippen LogP contribution >= 0.6 is 11.6 Å². The lowest BCUT2D eigenvalue weighted by molar-refractivity contribution is 0.644. The lowest BCUT2D eigenvalue weighted by Gasteiger charge is -2.02. The standard InChI is InChI=1S/C14H17ClN2.C14H18N2/c1-11(2)7-13-8-16-17(10-13)9-12-3-5-14(15)6-4-12;1-12(2)8-14-9-15-16(11-14)10-13-6-4-3-5-7-13/h3-6,8,10-11H,7,9H2,1-2H3;3-7,9,11-12H,8,10H2,1-2H3. The van der Waals surface area contributed by atoms with Crippen LogP contribution in [0.2, 0.25) is 5.02 Å². The van der Waals surface area contributed by atoms with Crippen LogP contribution in [0.15, 0.2) is 79.4 Å². The van der Waals surface area contributed by atoms with E-state index in [1.54, 1.807) is 0 Å². The van der Waals surface area contributed by atoms with Crippen LogP contribution in [0.25, 0.3) is 0 Å². The van der Waals surface area contributed by atoms with Crippen molar-refractivity contribution >= 4 is 11.6 Å². The minimum atomic E-state index is 0.670. The topological polar surface area (TPSA) is 35.6 Å². The molecule has 0 amide bonds. The third kappa shape index (κ3) is 8.89. The Balaban J connectivity index is 0.000000186. The van der Waals surface area contributed by atoms with Crippen LogP contribution in [0.1, 0.15) is 49.9 Å². The smallest absolute Gasteiger partial charge is 0.0659 e. The maximum atomic E-state index is 5.85. The first-order chi connectivity index (χ1) is 15.9. The van der Waals surface area contributed by atoms with E-state index in [9.17, 15) is 0 Å². The Hall–Kier alpha value is -2.85. The van der Waals surface area contributed by atoms with Gasteiger partial charge >= 0.3 is 0 Å². The second kappa shape index (κ2) is 12.4. The summed E-state index contributed by atoms with van der Waals surface area (Å²) in [4.78, 5) is 0. The van der Waals surface area contributed by atoms with Crippen molar-refractivity contribution in [3.8, 4) is 0 Å². The van der Waals surface area contributed by atoms with E-state index < -0.39 is 0 Å². The maximum absolute atomic E-state index is 5.85. The summed E-state index contributed by atoms with van der Waals surface area (Å²) in [5, 5.41) is 9.52. The molecule has 0 saturated heterocycles. The summed E-state index contributed by atoms with van der Waals surface area (Å²) in [5.74, 6) is 1.36. The fourth-order valence-corrected chi connectivity index (χ4v) is 3.81. The van der Waals surface area contributed by atoms with Crippen molar-refractivity contribution in [1.82, 2.24) is 19.6 Å². The van der Waals surface area contributed by atoms with E-state index in [0.29, 0.717) is 11.8 Å². The van der Waals surface area contributed by atoms with Gasteiger partial charge in [-0.3, -0.25) is 9.36 Å². The third-order valence-corrected chi connectivity index (χ3v) is 5.36. The predicted octanol–water partition coefficient (Wildman–Crippen LogP) is 6.91. The molecule has 33 heavy (non-hydrogen) atoms. The van der Waals surface area contributed by atoms with Gasteiger partial charge in [-0.25, -0.2) is 0 Å². The fraction of sp³-hybridized carbons (Fsp3) is 0.357. The molecule has 4 nitrogen and oxygen atoms in total. The van der Waals surface area contributed by atoms with E-state index in [1.165, 1.54) is 22.3 Å². The Labute approximate surface area is 203 Å². The molecule has 0 saturated carbocycles. The molecule has 174 valence electrons. The van der Waals surface area contributed by atoms with E-state index in [-0.39, 0.29) is 0 Å². The number of hydrogen-bond donors (Lipinski definition) is 0. The zero-order valence-electron chi connectivity index (χ0n) is 20.2. The molecule has 0 aliphatic carbocycles. The summed E-state index contributed by atoms with van der Waals surface area (Å²) in [5.41, 5.74) is 5.13. The van der Waals surface area contributed by atoms with Crippen LogP contribution in [-0.4, -0.2) is 19.6 Å². The van der Waals surface area contributed by atoms with Gasteiger partial charge in [0.2, 0.25) is 0 Å². The maximum Gasteiger partial charge on any atom is 0.0659 e. The Kier molecular flexibility index (Phi) is 9.32. The van der Waals surface area contributed by atoms with Crippen molar-refractivity contribution in [2.45, 2.75) is 53.6 Å². The molecule has 4 rings (SSSR count). The molecule has 0 atom stereocenters. The van der Waals surface area contributed by atoms with Crippen molar-refractivity contribution in [2.24, 2.45) is 11.8 Å². The highest BCUT2D eigenvalue weighted by Gasteiger charge is 2.03. The molecule has 0 spiro atoms. The molecule has 0 fully saturated rings. The Morgan fingerprint density at radius 1 is 0.636 bits per heavy atom. The van der Waals surface area contributed by atoms with Crippen LogP contribution in [0.4, 0.5) is 0 Å². The summed E-state index contributed by atoms with van der Waals surface area (Å²) < 4.78 is 3.98. The van der Waals surface area contributed by atoms with Gasteiger partial charge in [0.15, 0.2) is 0 Å².